The molecule has 0 atom stereocenters. The smallest absolute Gasteiger partial charge is 0.365 e. The maximum Gasteiger partial charge on any atom is 0.365 e. The Bertz CT molecular complexity index is 456. The molecule has 0 saturated carbocycles. The molecule has 0 aliphatic heterocycles. The molecule has 1 aromatic heterocycles. The molecule has 84 valence electrons. The number of carbonyl (C=O) groups is 2. The second-order valence-electron chi connectivity index (χ2n) is 2.88. The number of hydrogen-bond donors (Lipinski definition) is 2. The van der Waals surface area contributed by atoms with Crippen molar-refractivity contribution in [2.45, 2.75) is 13.3 Å². The van der Waals surface area contributed by atoms with Crippen LogP contribution in [0.3, 0.4) is 0 Å². The van der Waals surface area contributed by atoms with Gasteiger partial charge in [-0.3, -0.25) is 4.79 Å². The maximum atomic E-state index is 10.5. The average Bonchev–Trinajstić information content (AvgIpc) is 2.65. The average molecular weight is 238 g/mol. The van der Waals surface area contributed by atoms with Gasteiger partial charge in [0.15, 0.2) is 0 Å². The number of aromatic nitrogens is 1. The fourth-order valence-corrected chi connectivity index (χ4v) is 1.47. The Kier molecular flexibility index (Phi) is 4.48. The van der Waals surface area contributed by atoms with Gasteiger partial charge in [0.1, 0.15) is 5.69 Å². The molecular weight excluding hydrogens is 228 g/mol. The summed E-state index contributed by atoms with van der Waals surface area (Å²) in [7, 11) is 0. The van der Waals surface area contributed by atoms with Gasteiger partial charge in [-0.15, -0.1) is 11.3 Å². The van der Waals surface area contributed by atoms with Crippen LogP contribution >= 0.6 is 11.3 Å². The lowest BCUT2D eigenvalue weighted by atomic mass is 10.4. The van der Waals surface area contributed by atoms with Crippen LogP contribution in [0.25, 0.3) is 0 Å². The number of aromatic carboxylic acids is 1. The van der Waals surface area contributed by atoms with E-state index in [1.807, 2.05) is 0 Å². The highest BCUT2D eigenvalue weighted by Crippen LogP contribution is 2.08. The van der Waals surface area contributed by atoms with Crippen LogP contribution in [-0.4, -0.2) is 28.5 Å². The van der Waals surface area contributed by atoms with Crippen molar-refractivity contribution in [3.63, 3.8) is 0 Å². The van der Waals surface area contributed by atoms with E-state index >= 15 is 0 Å². The van der Waals surface area contributed by atoms with Crippen molar-refractivity contribution >= 4 is 23.2 Å². The van der Waals surface area contributed by atoms with E-state index in [4.69, 9.17) is 5.11 Å². The van der Waals surface area contributed by atoms with Gasteiger partial charge in [0, 0.05) is 25.3 Å². The number of carboxylic acid groups (broad SMARTS) is 1. The molecule has 0 aromatic carbocycles. The Morgan fingerprint density at radius 2 is 2.38 bits per heavy atom. The predicted octanol–water partition coefficient (Wildman–Crippen LogP) is 0.719. The van der Waals surface area contributed by atoms with Crippen LogP contribution in [0.2, 0.25) is 0 Å². The summed E-state index contributed by atoms with van der Waals surface area (Å²) < 4.78 is 0. The highest BCUT2D eigenvalue weighted by atomic mass is 32.1. The lowest BCUT2D eigenvalue weighted by Gasteiger charge is -1.94. The van der Waals surface area contributed by atoms with Crippen molar-refractivity contribution < 1.29 is 14.7 Å². The summed E-state index contributed by atoms with van der Waals surface area (Å²) in [5, 5.41) is 12.8. The summed E-state index contributed by atoms with van der Waals surface area (Å²) in [5.74, 6) is 4.39. The van der Waals surface area contributed by atoms with Gasteiger partial charge in [-0.2, -0.15) is 0 Å². The quantitative estimate of drug-likeness (QED) is 0.600. The van der Waals surface area contributed by atoms with Crippen LogP contribution in [0, 0.1) is 11.8 Å². The molecular formula is C10H10N2O3S. The fourth-order valence-electron chi connectivity index (χ4n) is 0.883. The van der Waals surface area contributed by atoms with Gasteiger partial charge >= 0.3 is 5.97 Å². The van der Waals surface area contributed by atoms with Crippen LogP contribution in [0.1, 0.15) is 28.8 Å². The number of nitrogens with zero attached hydrogens (tertiary/aromatic N) is 1. The van der Waals surface area contributed by atoms with Crippen LogP contribution in [0.5, 0.6) is 0 Å². The van der Waals surface area contributed by atoms with Crippen LogP contribution < -0.4 is 5.32 Å². The Morgan fingerprint density at radius 1 is 1.62 bits per heavy atom. The second-order valence-corrected chi connectivity index (χ2v) is 3.74. The Hall–Kier alpha value is -1.87. The third kappa shape index (κ3) is 4.11. The first-order valence-electron chi connectivity index (χ1n) is 4.51. The minimum atomic E-state index is -1.05. The molecule has 0 bridgehead atoms. The molecule has 0 spiro atoms. The first kappa shape index (κ1) is 12.2. The zero-order valence-electron chi connectivity index (χ0n) is 8.61. The van der Waals surface area contributed by atoms with Crippen LogP contribution in [0.15, 0.2) is 5.38 Å². The topological polar surface area (TPSA) is 79.3 Å². The molecule has 0 aliphatic carbocycles. The van der Waals surface area contributed by atoms with E-state index < -0.39 is 5.97 Å². The highest BCUT2D eigenvalue weighted by Gasteiger charge is 2.06. The standard InChI is InChI=1S/C10H10N2O3S/c1-7(13)11-5-3-2-4-8-6-16-9(12-8)10(14)15/h6H,3,5H2,1H3,(H,11,13)(H,14,15). The molecule has 0 aliphatic rings. The normalized spacial score (nSPS) is 9.06. The lowest BCUT2D eigenvalue weighted by molar-refractivity contribution is -0.118. The molecule has 0 radical (unpaired) electrons. The zero-order valence-corrected chi connectivity index (χ0v) is 9.43. The summed E-state index contributed by atoms with van der Waals surface area (Å²) in [6.07, 6.45) is 0.513. The number of nitrogens with one attached hydrogen (secondary N) is 1. The van der Waals surface area contributed by atoms with Gasteiger partial charge in [0.2, 0.25) is 10.9 Å². The number of amides is 1. The van der Waals surface area contributed by atoms with Crippen molar-refractivity contribution in [2.75, 3.05) is 6.54 Å². The number of rotatable bonds is 3. The minimum absolute atomic E-state index is 0.0335. The molecule has 0 saturated heterocycles. The molecule has 5 nitrogen and oxygen atoms in total. The Balaban J connectivity index is 2.44. The van der Waals surface area contributed by atoms with E-state index in [2.05, 4.69) is 22.1 Å². The van der Waals surface area contributed by atoms with Gasteiger partial charge in [-0.05, 0) is 5.92 Å². The minimum Gasteiger partial charge on any atom is -0.476 e. The number of carbonyl (C=O) groups excluding carboxylic acids is 1. The summed E-state index contributed by atoms with van der Waals surface area (Å²) in [6.45, 7) is 1.92. The summed E-state index contributed by atoms with van der Waals surface area (Å²) >= 11 is 1.04. The zero-order chi connectivity index (χ0) is 12.0. The van der Waals surface area contributed by atoms with Crippen molar-refractivity contribution in [1.82, 2.24) is 10.3 Å². The number of thiazole rings is 1. The van der Waals surface area contributed by atoms with Crippen LogP contribution in [0.4, 0.5) is 0 Å². The lowest BCUT2D eigenvalue weighted by Crippen LogP contribution is -2.20. The molecule has 0 unspecified atom stereocenters. The molecule has 1 amide bonds. The highest BCUT2D eigenvalue weighted by molar-refractivity contribution is 7.11. The second kappa shape index (κ2) is 5.88. The van der Waals surface area contributed by atoms with Crippen molar-refractivity contribution in [2.24, 2.45) is 0 Å². The van der Waals surface area contributed by atoms with E-state index in [1.54, 1.807) is 5.38 Å². The molecule has 16 heavy (non-hydrogen) atoms. The molecule has 1 aromatic rings. The van der Waals surface area contributed by atoms with Gasteiger partial charge in [0.05, 0.1) is 0 Å². The van der Waals surface area contributed by atoms with Gasteiger partial charge in [-0.25, -0.2) is 9.78 Å². The van der Waals surface area contributed by atoms with Gasteiger partial charge < -0.3 is 10.4 Å². The van der Waals surface area contributed by atoms with E-state index in [0.29, 0.717) is 18.7 Å². The van der Waals surface area contributed by atoms with Crippen molar-refractivity contribution in [3.05, 3.63) is 16.1 Å². The number of carboxylic acids is 1. The van der Waals surface area contributed by atoms with Gasteiger partial charge in [0.25, 0.3) is 0 Å². The van der Waals surface area contributed by atoms with E-state index in [0.717, 1.165) is 11.3 Å². The van der Waals surface area contributed by atoms with E-state index in [9.17, 15) is 9.59 Å². The first-order chi connectivity index (χ1) is 7.59. The molecule has 6 heteroatoms. The van der Waals surface area contributed by atoms with Crippen LogP contribution in [-0.2, 0) is 4.79 Å². The SMILES string of the molecule is CC(=O)NCCC#Cc1csc(C(=O)O)n1. The Labute approximate surface area is 96.5 Å². The molecule has 0 fully saturated rings. The third-order valence-electron chi connectivity index (χ3n) is 1.53. The summed E-state index contributed by atoms with van der Waals surface area (Å²) in [6, 6.07) is 0. The molecule has 1 heterocycles. The first-order valence-corrected chi connectivity index (χ1v) is 5.39. The van der Waals surface area contributed by atoms with E-state index in [1.165, 1.54) is 6.92 Å². The van der Waals surface area contributed by atoms with Crippen molar-refractivity contribution in [3.8, 4) is 11.8 Å². The molecule has 1 rings (SSSR count). The monoisotopic (exact) mass is 238 g/mol. The summed E-state index contributed by atoms with van der Waals surface area (Å²) in [5.41, 5.74) is 0.449. The largest absolute Gasteiger partial charge is 0.476 e. The fraction of sp³-hybridized carbons (Fsp3) is 0.300. The Morgan fingerprint density at radius 3 is 2.94 bits per heavy atom. The molecule has 2 N–H and O–H groups in total. The van der Waals surface area contributed by atoms with Gasteiger partial charge in [-0.1, -0.05) is 5.92 Å². The van der Waals surface area contributed by atoms with Crippen molar-refractivity contribution in [1.29, 1.82) is 0 Å². The van der Waals surface area contributed by atoms with E-state index in [-0.39, 0.29) is 10.9 Å². The summed E-state index contributed by atoms with van der Waals surface area (Å²) in [4.78, 5) is 24.8. The number of hydrogen-bond acceptors (Lipinski definition) is 4. The third-order valence-corrected chi connectivity index (χ3v) is 2.36. The maximum absolute atomic E-state index is 10.5. The predicted molar refractivity (Wildman–Crippen MR) is 59.3 cm³/mol.